The molecule has 4 rings (SSSR count). The van der Waals surface area contributed by atoms with Crippen LogP contribution < -0.4 is 5.32 Å². The third-order valence-corrected chi connectivity index (χ3v) is 7.27. The third kappa shape index (κ3) is 3.12. The van der Waals surface area contributed by atoms with Crippen LogP contribution >= 0.6 is 0 Å². The van der Waals surface area contributed by atoms with Crippen molar-refractivity contribution in [3.8, 4) is 0 Å². The minimum atomic E-state index is -1.36. The number of hydrogen-bond acceptors (Lipinski definition) is 3. The number of carbonyl (C=O) groups is 1. The number of nitrogens with zero attached hydrogens (tertiary/aromatic N) is 2. The second kappa shape index (κ2) is 6.47. The molecule has 1 aromatic carbocycles. The fourth-order valence-electron chi connectivity index (χ4n) is 6.29. The van der Waals surface area contributed by atoms with Crippen LogP contribution in [0.2, 0.25) is 0 Å². The molecule has 3 N–H and O–H groups in total. The second-order valence-corrected chi connectivity index (χ2v) is 10.9. The topological polar surface area (TPSA) is 71.3 Å². The van der Waals surface area contributed by atoms with E-state index in [1.807, 2.05) is 12.1 Å². The van der Waals surface area contributed by atoms with Crippen LogP contribution in [-0.4, -0.2) is 49.6 Å². The highest BCUT2D eigenvalue weighted by Gasteiger charge is 2.68. The molecule has 1 atom stereocenters. The summed E-state index contributed by atoms with van der Waals surface area (Å²) in [5.74, 6) is 0. The number of piperidine rings is 1. The summed E-state index contributed by atoms with van der Waals surface area (Å²) in [6, 6.07) is 8.33. The maximum atomic E-state index is 13.0. The SMILES string of the molecule is Cc1c(CCN2C(=O)OC3(CC(C)(C)[NH2+]C(C)(C)C3)[C@]2(C)O)c2ccccc2n1C. The van der Waals surface area contributed by atoms with E-state index in [0.29, 0.717) is 25.8 Å². The minimum absolute atomic E-state index is 0.131. The van der Waals surface area contributed by atoms with E-state index in [2.05, 4.69) is 63.7 Å². The van der Waals surface area contributed by atoms with E-state index in [1.54, 1.807) is 11.8 Å². The molecule has 2 aliphatic rings. The molecule has 6 heteroatoms. The molecule has 30 heavy (non-hydrogen) atoms. The van der Waals surface area contributed by atoms with Crippen LogP contribution in [-0.2, 0) is 18.2 Å². The first-order valence-corrected chi connectivity index (χ1v) is 10.9. The Kier molecular flexibility index (Phi) is 4.57. The zero-order valence-corrected chi connectivity index (χ0v) is 19.4. The van der Waals surface area contributed by atoms with Gasteiger partial charge in [0.2, 0.25) is 0 Å². The Labute approximate surface area is 179 Å². The highest BCUT2D eigenvalue weighted by Crippen LogP contribution is 2.48. The third-order valence-electron chi connectivity index (χ3n) is 7.27. The maximum Gasteiger partial charge on any atom is 0.412 e. The predicted octanol–water partition coefficient (Wildman–Crippen LogP) is 2.84. The van der Waals surface area contributed by atoms with E-state index in [9.17, 15) is 9.90 Å². The van der Waals surface area contributed by atoms with Crippen LogP contribution in [0.25, 0.3) is 10.9 Å². The van der Waals surface area contributed by atoms with Crippen LogP contribution in [0, 0.1) is 6.92 Å². The fraction of sp³-hybridized carbons (Fsp3) is 0.625. The van der Waals surface area contributed by atoms with Gasteiger partial charge in [0.1, 0.15) is 0 Å². The van der Waals surface area contributed by atoms with Crippen molar-refractivity contribution in [2.45, 2.75) is 83.2 Å². The van der Waals surface area contributed by atoms with E-state index < -0.39 is 17.4 Å². The number of amides is 1. The number of para-hydroxylation sites is 1. The van der Waals surface area contributed by atoms with Crippen molar-refractivity contribution in [1.82, 2.24) is 9.47 Å². The zero-order chi connectivity index (χ0) is 22.1. The lowest BCUT2D eigenvalue weighted by atomic mass is 9.68. The van der Waals surface area contributed by atoms with Gasteiger partial charge in [-0.1, -0.05) is 18.2 Å². The highest BCUT2D eigenvalue weighted by molar-refractivity contribution is 5.85. The molecule has 0 saturated carbocycles. The lowest BCUT2D eigenvalue weighted by Crippen LogP contribution is -3.07. The average molecular weight is 415 g/mol. The van der Waals surface area contributed by atoms with Gasteiger partial charge in [-0.05, 0) is 59.6 Å². The van der Waals surface area contributed by atoms with E-state index in [0.717, 1.165) is 0 Å². The molecule has 3 heterocycles. The summed E-state index contributed by atoms with van der Waals surface area (Å²) < 4.78 is 8.20. The molecule has 2 aliphatic heterocycles. The number of aromatic nitrogens is 1. The molecule has 2 saturated heterocycles. The quantitative estimate of drug-likeness (QED) is 0.811. The number of quaternary nitrogens is 1. The van der Waals surface area contributed by atoms with Crippen molar-refractivity contribution in [2.75, 3.05) is 6.54 Å². The van der Waals surface area contributed by atoms with Crippen molar-refractivity contribution in [2.24, 2.45) is 7.05 Å². The molecule has 2 aromatic rings. The molecular weight excluding hydrogens is 378 g/mol. The van der Waals surface area contributed by atoms with Crippen molar-refractivity contribution < 1.29 is 20.0 Å². The molecule has 2 fully saturated rings. The Hall–Kier alpha value is -2.05. The summed E-state index contributed by atoms with van der Waals surface area (Å²) in [5.41, 5.74) is 1.07. The number of fused-ring (bicyclic) bond motifs is 1. The molecule has 0 bridgehead atoms. The first kappa shape index (κ1) is 21.2. The molecule has 164 valence electrons. The Morgan fingerprint density at radius 3 is 2.33 bits per heavy atom. The Bertz CT molecular complexity index is 987. The van der Waals surface area contributed by atoms with E-state index >= 15 is 0 Å². The molecule has 0 aliphatic carbocycles. The van der Waals surface area contributed by atoms with Crippen molar-refractivity contribution in [3.63, 3.8) is 0 Å². The van der Waals surface area contributed by atoms with Gasteiger partial charge >= 0.3 is 6.09 Å². The number of aliphatic hydroxyl groups is 1. The fourth-order valence-corrected chi connectivity index (χ4v) is 6.29. The van der Waals surface area contributed by atoms with Crippen molar-refractivity contribution in [3.05, 3.63) is 35.5 Å². The van der Waals surface area contributed by atoms with Gasteiger partial charge in [0.15, 0.2) is 11.3 Å². The zero-order valence-electron chi connectivity index (χ0n) is 19.4. The van der Waals surface area contributed by atoms with E-state index in [-0.39, 0.29) is 11.1 Å². The number of nitrogens with two attached hydrogens (primary N) is 1. The van der Waals surface area contributed by atoms with E-state index in [1.165, 1.54) is 22.2 Å². The van der Waals surface area contributed by atoms with Gasteiger partial charge in [0, 0.05) is 43.0 Å². The maximum absolute atomic E-state index is 13.0. The predicted molar refractivity (Wildman–Crippen MR) is 117 cm³/mol. The van der Waals surface area contributed by atoms with Crippen LogP contribution in [0.3, 0.4) is 0 Å². The average Bonchev–Trinajstić information content (AvgIpc) is 2.92. The monoisotopic (exact) mass is 414 g/mol. The lowest BCUT2D eigenvalue weighted by Gasteiger charge is -2.51. The van der Waals surface area contributed by atoms with Crippen molar-refractivity contribution >= 4 is 17.0 Å². The van der Waals surface area contributed by atoms with Gasteiger partial charge in [-0.25, -0.2) is 4.79 Å². The minimum Gasteiger partial charge on any atom is -0.437 e. The largest absolute Gasteiger partial charge is 0.437 e. The van der Waals surface area contributed by atoms with Crippen LogP contribution in [0.1, 0.15) is 58.7 Å². The molecule has 0 radical (unpaired) electrons. The Balaban J connectivity index is 1.64. The number of benzene rings is 1. The smallest absolute Gasteiger partial charge is 0.412 e. The number of rotatable bonds is 3. The molecule has 1 aromatic heterocycles. The first-order chi connectivity index (χ1) is 13.8. The number of hydrogen-bond donors (Lipinski definition) is 2. The van der Waals surface area contributed by atoms with Gasteiger partial charge in [0.05, 0.1) is 11.1 Å². The summed E-state index contributed by atoms with van der Waals surface area (Å²) in [6.45, 7) is 12.9. The number of carbonyl (C=O) groups excluding carboxylic acids is 1. The second-order valence-electron chi connectivity index (χ2n) is 10.9. The van der Waals surface area contributed by atoms with Gasteiger partial charge < -0.3 is 19.7 Å². The molecule has 1 amide bonds. The van der Waals surface area contributed by atoms with Gasteiger partial charge in [-0.15, -0.1) is 0 Å². The van der Waals surface area contributed by atoms with Gasteiger partial charge in [-0.2, -0.15) is 0 Å². The standard InChI is InChI=1S/C24H35N3O3/c1-16-17(18-10-8-9-11-19(18)26(16)7)12-13-27-20(28)30-24(23(27,6)29)14-21(2,3)25-22(4,5)15-24/h8-11,25,29H,12-15H2,1-7H3/p+1/t23-/m0/s1. The molecule has 1 spiro atoms. The van der Waals surface area contributed by atoms with Crippen LogP contribution in [0.4, 0.5) is 4.79 Å². The molecule has 0 unspecified atom stereocenters. The summed E-state index contributed by atoms with van der Waals surface area (Å²) in [6.07, 6.45) is 1.50. The van der Waals surface area contributed by atoms with Crippen LogP contribution in [0.15, 0.2) is 24.3 Å². The van der Waals surface area contributed by atoms with Gasteiger partial charge in [0.25, 0.3) is 0 Å². The van der Waals surface area contributed by atoms with Crippen molar-refractivity contribution in [1.29, 1.82) is 0 Å². The van der Waals surface area contributed by atoms with Crippen LogP contribution in [0.5, 0.6) is 0 Å². The molecule has 6 nitrogen and oxygen atoms in total. The summed E-state index contributed by atoms with van der Waals surface area (Å²) in [4.78, 5) is 14.5. The summed E-state index contributed by atoms with van der Waals surface area (Å²) >= 11 is 0. The summed E-state index contributed by atoms with van der Waals surface area (Å²) in [7, 11) is 2.07. The van der Waals surface area contributed by atoms with E-state index in [4.69, 9.17) is 4.74 Å². The number of aryl methyl sites for hydroxylation is 1. The Morgan fingerprint density at radius 2 is 1.70 bits per heavy atom. The summed E-state index contributed by atoms with van der Waals surface area (Å²) in [5, 5.41) is 15.2. The lowest BCUT2D eigenvalue weighted by molar-refractivity contribution is -0.793. The number of ether oxygens (including phenoxy) is 1. The first-order valence-electron chi connectivity index (χ1n) is 10.9. The molecular formula is C24H36N3O3+. The normalized spacial score (nSPS) is 27.1. The van der Waals surface area contributed by atoms with Gasteiger partial charge in [-0.3, -0.25) is 4.90 Å². The highest BCUT2D eigenvalue weighted by atomic mass is 16.6. The Morgan fingerprint density at radius 1 is 1.10 bits per heavy atom.